The highest BCUT2D eigenvalue weighted by Gasteiger charge is 2.21. The number of amides is 2. The van der Waals surface area contributed by atoms with Gasteiger partial charge in [0.05, 0.1) is 10.7 Å². The number of benzene rings is 1. The van der Waals surface area contributed by atoms with Gasteiger partial charge in [-0.25, -0.2) is 0 Å². The molecule has 102 valence electrons. The highest BCUT2D eigenvalue weighted by molar-refractivity contribution is 6.40. The molecule has 1 saturated carbocycles. The van der Waals surface area contributed by atoms with Gasteiger partial charge in [-0.05, 0) is 31.0 Å². The van der Waals surface area contributed by atoms with E-state index in [1.807, 2.05) is 0 Å². The second-order valence-electron chi connectivity index (χ2n) is 4.65. The Bertz CT molecular complexity index is 499. The summed E-state index contributed by atoms with van der Waals surface area (Å²) in [6.45, 7) is 0. The third-order valence-electron chi connectivity index (χ3n) is 3.15. The van der Waals surface area contributed by atoms with Crippen molar-refractivity contribution < 1.29 is 9.59 Å². The number of carbonyl (C=O) groups is 2. The lowest BCUT2D eigenvalue weighted by Crippen LogP contribution is -2.40. The van der Waals surface area contributed by atoms with E-state index in [1.54, 1.807) is 12.1 Å². The Labute approximate surface area is 116 Å². The van der Waals surface area contributed by atoms with Gasteiger partial charge in [0, 0.05) is 11.7 Å². The molecule has 0 aromatic heterocycles. The largest absolute Gasteiger partial charge is 0.398 e. The summed E-state index contributed by atoms with van der Waals surface area (Å²) >= 11 is 5.84. The Hall–Kier alpha value is -1.75. The van der Waals surface area contributed by atoms with Gasteiger partial charge in [0.15, 0.2) is 0 Å². The van der Waals surface area contributed by atoms with Gasteiger partial charge in [0.1, 0.15) is 0 Å². The fourth-order valence-corrected chi connectivity index (χ4v) is 2.29. The maximum absolute atomic E-state index is 11.7. The van der Waals surface area contributed by atoms with Crippen LogP contribution in [0.2, 0.25) is 5.02 Å². The molecule has 1 aliphatic carbocycles. The number of nitrogen functional groups attached to an aromatic ring is 1. The van der Waals surface area contributed by atoms with Gasteiger partial charge in [0.25, 0.3) is 0 Å². The average Bonchev–Trinajstić information content (AvgIpc) is 2.86. The van der Waals surface area contributed by atoms with E-state index in [0.717, 1.165) is 25.7 Å². The first-order valence-corrected chi connectivity index (χ1v) is 6.61. The number of rotatable bonds is 2. The molecule has 0 spiro atoms. The van der Waals surface area contributed by atoms with Crippen molar-refractivity contribution in [3.05, 3.63) is 23.2 Å². The molecule has 1 aliphatic rings. The van der Waals surface area contributed by atoms with Gasteiger partial charge in [-0.1, -0.05) is 24.4 Å². The first kappa shape index (κ1) is 13.7. The zero-order valence-electron chi connectivity index (χ0n) is 10.4. The van der Waals surface area contributed by atoms with Crippen LogP contribution in [0.25, 0.3) is 0 Å². The van der Waals surface area contributed by atoms with Crippen molar-refractivity contribution in [1.29, 1.82) is 0 Å². The highest BCUT2D eigenvalue weighted by Crippen LogP contribution is 2.22. The molecule has 1 aromatic rings. The van der Waals surface area contributed by atoms with E-state index < -0.39 is 11.8 Å². The Morgan fingerprint density at radius 2 is 1.89 bits per heavy atom. The van der Waals surface area contributed by atoms with E-state index in [2.05, 4.69) is 10.6 Å². The number of hydrogen-bond acceptors (Lipinski definition) is 3. The number of hydrogen-bond donors (Lipinski definition) is 3. The summed E-state index contributed by atoms with van der Waals surface area (Å²) in [4.78, 5) is 23.4. The standard InChI is InChI=1S/C13H16ClN3O2/c14-10-7-9(5-6-11(10)15)17-13(19)12(18)16-8-3-1-2-4-8/h5-8H,1-4,15H2,(H,16,18)(H,17,19). The van der Waals surface area contributed by atoms with Crippen LogP contribution in [0.3, 0.4) is 0 Å². The molecule has 0 radical (unpaired) electrons. The number of halogens is 1. The quantitative estimate of drug-likeness (QED) is 0.572. The molecular weight excluding hydrogens is 266 g/mol. The molecular formula is C13H16ClN3O2. The van der Waals surface area contributed by atoms with Crippen LogP contribution in [0.1, 0.15) is 25.7 Å². The fraction of sp³-hybridized carbons (Fsp3) is 0.385. The number of carbonyl (C=O) groups excluding carboxylic acids is 2. The van der Waals surface area contributed by atoms with E-state index in [9.17, 15) is 9.59 Å². The second-order valence-corrected chi connectivity index (χ2v) is 5.05. The van der Waals surface area contributed by atoms with Crippen LogP contribution in [0.15, 0.2) is 18.2 Å². The molecule has 5 nitrogen and oxygen atoms in total. The topological polar surface area (TPSA) is 84.2 Å². The van der Waals surface area contributed by atoms with Gasteiger partial charge in [0.2, 0.25) is 0 Å². The van der Waals surface area contributed by atoms with Crippen molar-refractivity contribution in [2.75, 3.05) is 11.1 Å². The first-order valence-electron chi connectivity index (χ1n) is 6.23. The lowest BCUT2D eigenvalue weighted by molar-refractivity contribution is -0.136. The zero-order chi connectivity index (χ0) is 13.8. The minimum absolute atomic E-state index is 0.119. The third-order valence-corrected chi connectivity index (χ3v) is 3.48. The molecule has 0 atom stereocenters. The van der Waals surface area contributed by atoms with Crippen LogP contribution in [0, 0.1) is 0 Å². The Balaban J connectivity index is 1.92. The smallest absolute Gasteiger partial charge is 0.313 e. The van der Waals surface area contributed by atoms with Crippen molar-refractivity contribution in [3.8, 4) is 0 Å². The molecule has 1 aromatic carbocycles. The molecule has 19 heavy (non-hydrogen) atoms. The Morgan fingerprint density at radius 3 is 2.53 bits per heavy atom. The molecule has 0 unspecified atom stereocenters. The molecule has 1 fully saturated rings. The zero-order valence-corrected chi connectivity index (χ0v) is 11.2. The lowest BCUT2D eigenvalue weighted by atomic mass is 10.2. The van der Waals surface area contributed by atoms with Gasteiger partial charge in [-0.2, -0.15) is 0 Å². The Morgan fingerprint density at radius 1 is 1.21 bits per heavy atom. The van der Waals surface area contributed by atoms with Gasteiger partial charge < -0.3 is 16.4 Å². The van der Waals surface area contributed by atoms with E-state index in [-0.39, 0.29) is 6.04 Å². The number of nitrogens with two attached hydrogens (primary N) is 1. The van der Waals surface area contributed by atoms with Crippen molar-refractivity contribution in [3.63, 3.8) is 0 Å². The van der Waals surface area contributed by atoms with Gasteiger partial charge in [-0.15, -0.1) is 0 Å². The van der Waals surface area contributed by atoms with Crippen molar-refractivity contribution in [1.82, 2.24) is 5.32 Å². The Kier molecular flexibility index (Phi) is 4.27. The van der Waals surface area contributed by atoms with Crippen molar-refractivity contribution >= 4 is 34.8 Å². The number of nitrogens with one attached hydrogen (secondary N) is 2. The average molecular weight is 282 g/mol. The van der Waals surface area contributed by atoms with E-state index in [4.69, 9.17) is 17.3 Å². The predicted molar refractivity (Wildman–Crippen MR) is 74.9 cm³/mol. The van der Waals surface area contributed by atoms with Crippen LogP contribution in [0.5, 0.6) is 0 Å². The van der Waals surface area contributed by atoms with Crippen LogP contribution >= 0.6 is 11.6 Å². The molecule has 0 aliphatic heterocycles. The van der Waals surface area contributed by atoms with E-state index in [0.29, 0.717) is 16.4 Å². The summed E-state index contributed by atoms with van der Waals surface area (Å²) in [6, 6.07) is 4.81. The predicted octanol–water partition coefficient (Wildman–Crippen LogP) is 1.92. The molecule has 0 bridgehead atoms. The minimum Gasteiger partial charge on any atom is -0.398 e. The SMILES string of the molecule is Nc1ccc(NC(=O)C(=O)NC2CCCC2)cc1Cl. The summed E-state index contributed by atoms with van der Waals surface area (Å²) in [5, 5.41) is 5.55. The second kappa shape index (κ2) is 5.93. The van der Waals surface area contributed by atoms with Crippen LogP contribution < -0.4 is 16.4 Å². The summed E-state index contributed by atoms with van der Waals surface area (Å²) < 4.78 is 0. The van der Waals surface area contributed by atoms with Crippen LogP contribution in [-0.2, 0) is 9.59 Å². The summed E-state index contributed by atoms with van der Waals surface area (Å²) in [6.07, 6.45) is 4.07. The molecule has 0 saturated heterocycles. The first-order chi connectivity index (χ1) is 9.06. The monoisotopic (exact) mass is 281 g/mol. The summed E-state index contributed by atoms with van der Waals surface area (Å²) in [5.74, 6) is -1.30. The molecule has 2 rings (SSSR count). The normalized spacial score (nSPS) is 15.2. The van der Waals surface area contributed by atoms with Gasteiger partial charge >= 0.3 is 11.8 Å². The maximum atomic E-state index is 11.7. The van der Waals surface area contributed by atoms with E-state index >= 15 is 0 Å². The third kappa shape index (κ3) is 3.61. The van der Waals surface area contributed by atoms with Gasteiger partial charge in [-0.3, -0.25) is 9.59 Å². The highest BCUT2D eigenvalue weighted by atomic mass is 35.5. The number of anilines is 2. The van der Waals surface area contributed by atoms with E-state index in [1.165, 1.54) is 6.07 Å². The fourth-order valence-electron chi connectivity index (χ4n) is 2.11. The van der Waals surface area contributed by atoms with Crippen molar-refractivity contribution in [2.24, 2.45) is 0 Å². The molecule has 2 amide bonds. The lowest BCUT2D eigenvalue weighted by Gasteiger charge is -2.12. The molecule has 6 heteroatoms. The molecule has 0 heterocycles. The van der Waals surface area contributed by atoms with Crippen molar-refractivity contribution in [2.45, 2.75) is 31.7 Å². The minimum atomic E-state index is -0.687. The summed E-state index contributed by atoms with van der Waals surface area (Å²) in [7, 11) is 0. The van der Waals surface area contributed by atoms with Crippen LogP contribution in [0.4, 0.5) is 11.4 Å². The van der Waals surface area contributed by atoms with Crippen LogP contribution in [-0.4, -0.2) is 17.9 Å². The molecule has 4 N–H and O–H groups in total. The summed E-state index contributed by atoms with van der Waals surface area (Å²) in [5.41, 5.74) is 6.44. The maximum Gasteiger partial charge on any atom is 0.313 e.